The molecule has 1 N–H and O–H groups in total. The fourth-order valence-corrected chi connectivity index (χ4v) is 1.95. The van der Waals surface area contributed by atoms with Crippen LogP contribution in [0.25, 0.3) is 5.57 Å². The van der Waals surface area contributed by atoms with Gasteiger partial charge in [-0.05, 0) is 30.2 Å². The van der Waals surface area contributed by atoms with Crippen LogP contribution in [0.1, 0.15) is 39.0 Å². The number of nitrogens with one attached hydrogen (secondary N) is 1. The lowest BCUT2D eigenvalue weighted by Gasteiger charge is -2.12. The number of hydrogen-bond donors (Lipinski definition) is 1. The van der Waals surface area contributed by atoms with E-state index in [1.807, 2.05) is 20.8 Å². The molecule has 2 aromatic rings. The van der Waals surface area contributed by atoms with E-state index in [1.165, 1.54) is 18.2 Å². The van der Waals surface area contributed by atoms with Crippen molar-refractivity contribution in [2.45, 2.75) is 33.1 Å². The Balaban J connectivity index is 2.08. The molecule has 0 aliphatic rings. The first-order valence-corrected chi connectivity index (χ1v) is 7.37. The number of carbonyl (C=O) groups excluding carboxylic acids is 1. The number of rotatable bonds is 4. The minimum Gasteiger partial charge on any atom is -0.428 e. The Morgan fingerprint density at radius 2 is 1.92 bits per heavy atom. The van der Waals surface area contributed by atoms with E-state index in [9.17, 15) is 14.9 Å². The van der Waals surface area contributed by atoms with E-state index in [0.29, 0.717) is 11.3 Å². The van der Waals surface area contributed by atoms with Crippen LogP contribution in [0, 0.1) is 10.1 Å². The Labute approximate surface area is 139 Å². The predicted octanol–water partition coefficient (Wildman–Crippen LogP) is 3.92. The summed E-state index contributed by atoms with van der Waals surface area (Å²) in [5.74, 6) is 0.294. The third-order valence-electron chi connectivity index (χ3n) is 3.36. The van der Waals surface area contributed by atoms with E-state index in [2.05, 4.69) is 10.3 Å². The smallest absolute Gasteiger partial charge is 0.301 e. The fraction of sp³-hybridized carbons (Fsp3) is 0.294. The van der Waals surface area contributed by atoms with Gasteiger partial charge in [0.2, 0.25) is 0 Å². The Morgan fingerprint density at radius 1 is 1.29 bits per heavy atom. The number of oxazole rings is 1. The van der Waals surface area contributed by atoms with Crippen molar-refractivity contribution in [1.82, 2.24) is 4.98 Å². The van der Waals surface area contributed by atoms with Crippen LogP contribution in [0.4, 0.5) is 11.7 Å². The monoisotopic (exact) mass is 329 g/mol. The van der Waals surface area contributed by atoms with Crippen LogP contribution in [0.15, 0.2) is 41.0 Å². The molecule has 0 fully saturated rings. The van der Waals surface area contributed by atoms with Crippen LogP contribution < -0.4 is 5.32 Å². The number of anilines is 1. The second-order valence-electron chi connectivity index (χ2n) is 6.40. The number of benzene rings is 1. The molecule has 0 unspecified atom stereocenters. The highest BCUT2D eigenvalue weighted by Crippen LogP contribution is 2.24. The van der Waals surface area contributed by atoms with Gasteiger partial charge in [-0.2, -0.15) is 0 Å². The van der Waals surface area contributed by atoms with Gasteiger partial charge in [0.1, 0.15) is 5.76 Å². The highest BCUT2D eigenvalue weighted by atomic mass is 16.6. The highest BCUT2D eigenvalue weighted by Gasteiger charge is 2.19. The van der Waals surface area contributed by atoms with Crippen molar-refractivity contribution in [3.05, 3.63) is 58.0 Å². The summed E-state index contributed by atoms with van der Waals surface area (Å²) in [4.78, 5) is 26.2. The molecule has 0 radical (unpaired) electrons. The molecule has 0 aliphatic heterocycles. The highest BCUT2D eigenvalue weighted by molar-refractivity contribution is 6.02. The quantitative estimate of drug-likeness (QED) is 0.521. The summed E-state index contributed by atoms with van der Waals surface area (Å²) >= 11 is 0. The number of nitrogens with zero attached hydrogens (tertiary/aromatic N) is 2. The number of nitro benzene ring substituents is 1. The van der Waals surface area contributed by atoms with Gasteiger partial charge < -0.3 is 4.42 Å². The summed E-state index contributed by atoms with van der Waals surface area (Å²) in [7, 11) is 0. The first-order chi connectivity index (χ1) is 11.2. The molecule has 0 saturated heterocycles. The molecule has 24 heavy (non-hydrogen) atoms. The van der Waals surface area contributed by atoms with E-state index in [0.717, 1.165) is 5.56 Å². The van der Waals surface area contributed by atoms with Gasteiger partial charge in [-0.3, -0.25) is 20.2 Å². The van der Waals surface area contributed by atoms with Crippen molar-refractivity contribution in [3.8, 4) is 0 Å². The number of amides is 1. The number of hydrogen-bond acceptors (Lipinski definition) is 5. The fourth-order valence-electron chi connectivity index (χ4n) is 1.95. The SMILES string of the molecule is C/C(=C\C(=O)Nc1ncc(C(C)(C)C)o1)c1ccc([N+](=O)[O-])cc1. The molecular formula is C17H19N3O4. The summed E-state index contributed by atoms with van der Waals surface area (Å²) in [5, 5.41) is 13.2. The van der Waals surface area contributed by atoms with Crippen molar-refractivity contribution < 1.29 is 14.1 Å². The largest absolute Gasteiger partial charge is 0.428 e. The zero-order valence-corrected chi connectivity index (χ0v) is 14.0. The summed E-state index contributed by atoms with van der Waals surface area (Å²) in [6.07, 6.45) is 2.98. The zero-order chi connectivity index (χ0) is 17.9. The molecule has 0 spiro atoms. The summed E-state index contributed by atoms with van der Waals surface area (Å²) < 4.78 is 5.50. The molecule has 2 rings (SSSR count). The average molecular weight is 329 g/mol. The lowest BCUT2D eigenvalue weighted by Crippen LogP contribution is -2.10. The topological polar surface area (TPSA) is 98.3 Å². The molecule has 0 aliphatic carbocycles. The Morgan fingerprint density at radius 3 is 2.42 bits per heavy atom. The second-order valence-corrected chi connectivity index (χ2v) is 6.40. The van der Waals surface area contributed by atoms with Gasteiger partial charge in [-0.1, -0.05) is 20.8 Å². The van der Waals surface area contributed by atoms with Crippen molar-refractivity contribution in [2.75, 3.05) is 5.32 Å². The zero-order valence-electron chi connectivity index (χ0n) is 14.0. The molecule has 0 bridgehead atoms. The third kappa shape index (κ3) is 4.28. The van der Waals surface area contributed by atoms with Crippen molar-refractivity contribution in [1.29, 1.82) is 0 Å². The molecular weight excluding hydrogens is 310 g/mol. The van der Waals surface area contributed by atoms with Gasteiger partial charge in [0, 0.05) is 23.6 Å². The van der Waals surface area contributed by atoms with Gasteiger partial charge in [0.15, 0.2) is 0 Å². The normalized spacial score (nSPS) is 12.1. The number of non-ortho nitro benzene ring substituents is 1. The molecule has 7 nitrogen and oxygen atoms in total. The van der Waals surface area contributed by atoms with E-state index in [1.54, 1.807) is 25.3 Å². The first kappa shape index (κ1) is 17.4. The molecule has 1 aromatic carbocycles. The summed E-state index contributed by atoms with van der Waals surface area (Å²) in [6.45, 7) is 7.70. The van der Waals surface area contributed by atoms with Crippen LogP contribution in [0.2, 0.25) is 0 Å². The van der Waals surface area contributed by atoms with Crippen LogP contribution in [0.3, 0.4) is 0 Å². The number of nitro groups is 1. The predicted molar refractivity (Wildman–Crippen MR) is 90.6 cm³/mol. The minimum absolute atomic E-state index is 0.00509. The third-order valence-corrected chi connectivity index (χ3v) is 3.36. The van der Waals surface area contributed by atoms with Gasteiger partial charge in [0.05, 0.1) is 11.1 Å². The molecule has 126 valence electrons. The maximum atomic E-state index is 12.0. The van der Waals surface area contributed by atoms with Crippen LogP contribution in [0.5, 0.6) is 0 Å². The molecule has 7 heteroatoms. The number of allylic oxidation sites excluding steroid dienone is 1. The van der Waals surface area contributed by atoms with Gasteiger partial charge in [-0.15, -0.1) is 0 Å². The van der Waals surface area contributed by atoms with Crippen LogP contribution in [-0.4, -0.2) is 15.8 Å². The van der Waals surface area contributed by atoms with Crippen LogP contribution in [-0.2, 0) is 10.2 Å². The van der Waals surface area contributed by atoms with Crippen molar-refractivity contribution >= 4 is 23.2 Å². The maximum Gasteiger partial charge on any atom is 0.301 e. The molecule has 1 amide bonds. The van der Waals surface area contributed by atoms with Gasteiger partial charge in [-0.25, -0.2) is 4.98 Å². The molecule has 0 atom stereocenters. The Hall–Kier alpha value is -2.96. The standard InChI is InChI=1S/C17H19N3O4/c1-11(12-5-7-13(8-6-12)20(22)23)9-15(21)19-16-18-10-14(24-16)17(2,3)4/h5-10H,1-4H3,(H,18,19,21)/b11-9+. The number of carbonyl (C=O) groups is 1. The lowest BCUT2D eigenvalue weighted by molar-refractivity contribution is -0.384. The summed E-state index contributed by atoms with van der Waals surface area (Å²) in [5.41, 5.74) is 1.20. The Bertz CT molecular complexity index is 783. The maximum absolute atomic E-state index is 12.0. The lowest BCUT2D eigenvalue weighted by atomic mass is 9.94. The number of aromatic nitrogens is 1. The average Bonchev–Trinajstić information content (AvgIpc) is 2.95. The Kier molecular flexibility index (Phi) is 4.82. The van der Waals surface area contributed by atoms with E-state index >= 15 is 0 Å². The van der Waals surface area contributed by atoms with Gasteiger partial charge in [0.25, 0.3) is 11.6 Å². The first-order valence-electron chi connectivity index (χ1n) is 7.37. The second kappa shape index (κ2) is 6.66. The van der Waals surface area contributed by atoms with Crippen LogP contribution >= 0.6 is 0 Å². The van der Waals surface area contributed by atoms with E-state index in [4.69, 9.17) is 4.42 Å². The van der Waals surface area contributed by atoms with Crippen molar-refractivity contribution in [3.63, 3.8) is 0 Å². The molecule has 1 aromatic heterocycles. The summed E-state index contributed by atoms with van der Waals surface area (Å²) in [6, 6.07) is 6.13. The minimum atomic E-state index is -0.467. The van der Waals surface area contributed by atoms with Crippen molar-refractivity contribution in [2.24, 2.45) is 0 Å². The molecule has 1 heterocycles. The van der Waals surface area contributed by atoms with Gasteiger partial charge >= 0.3 is 6.01 Å². The molecule has 0 saturated carbocycles. The van der Waals surface area contributed by atoms with E-state index in [-0.39, 0.29) is 23.0 Å². The van der Waals surface area contributed by atoms with E-state index < -0.39 is 4.92 Å².